The molecule has 0 unspecified atom stereocenters. The molecule has 0 aromatic carbocycles. The van der Waals surface area contributed by atoms with Crippen molar-refractivity contribution in [3.8, 4) is 0 Å². The zero-order chi connectivity index (χ0) is 7.98. The van der Waals surface area contributed by atoms with Gasteiger partial charge < -0.3 is 9.84 Å². The quantitative estimate of drug-likeness (QED) is 0.356. The van der Waals surface area contributed by atoms with E-state index in [2.05, 4.69) is 13.2 Å². The number of hydrogen-bond acceptors (Lipinski definition) is 2. The normalized spacial score (nSPS) is 8.40. The third kappa shape index (κ3) is 3.72. The maximum Gasteiger partial charge on any atom is 0.331 e. The van der Waals surface area contributed by atoms with Crippen LogP contribution in [0.4, 0.5) is 0 Å². The average molecular weight is 142 g/mol. The second-order valence-electron chi connectivity index (χ2n) is 1.70. The molecule has 0 amide bonds. The van der Waals surface area contributed by atoms with Gasteiger partial charge in [0, 0.05) is 12.0 Å². The Bertz CT molecular complexity index is 149. The number of carbonyl (C=O) groups is 1. The molecular weight excluding hydrogens is 132 g/mol. The summed E-state index contributed by atoms with van der Waals surface area (Å²) >= 11 is 0. The first-order chi connectivity index (χ1) is 4.68. The average Bonchev–Trinajstić information content (AvgIpc) is 1.88. The van der Waals surface area contributed by atoms with Crippen molar-refractivity contribution in [1.82, 2.24) is 0 Å². The second-order valence-corrected chi connectivity index (χ2v) is 1.70. The first-order valence-corrected chi connectivity index (χ1v) is 2.82. The Hall–Kier alpha value is -1.25. The molecule has 56 valence electrons. The van der Waals surface area contributed by atoms with Crippen LogP contribution < -0.4 is 0 Å². The van der Waals surface area contributed by atoms with Gasteiger partial charge in [-0.25, -0.2) is 4.79 Å². The van der Waals surface area contributed by atoms with Gasteiger partial charge in [-0.05, 0) is 0 Å². The molecule has 0 radical (unpaired) electrons. The summed E-state index contributed by atoms with van der Waals surface area (Å²) in [5.74, 6) is -0.979. The number of ether oxygens (including phenoxy) is 1. The van der Waals surface area contributed by atoms with E-state index in [1.54, 1.807) is 0 Å². The molecule has 0 bridgehead atoms. The van der Waals surface area contributed by atoms with Crippen molar-refractivity contribution in [3.05, 3.63) is 25.0 Å². The maximum atomic E-state index is 10.1. The molecule has 0 aliphatic rings. The van der Waals surface area contributed by atoms with Gasteiger partial charge in [0.2, 0.25) is 0 Å². The predicted molar refractivity (Wildman–Crippen MR) is 37.5 cm³/mol. The number of aliphatic carboxylic acids is 1. The molecule has 0 aromatic rings. The van der Waals surface area contributed by atoms with Gasteiger partial charge in [-0.3, -0.25) is 0 Å². The van der Waals surface area contributed by atoms with Crippen LogP contribution in [0.2, 0.25) is 0 Å². The molecule has 0 saturated heterocycles. The molecule has 0 heterocycles. The number of rotatable bonds is 5. The first kappa shape index (κ1) is 8.75. The minimum atomic E-state index is -0.979. The van der Waals surface area contributed by atoms with Gasteiger partial charge in [-0.15, -0.1) is 0 Å². The van der Waals surface area contributed by atoms with E-state index in [4.69, 9.17) is 9.84 Å². The van der Waals surface area contributed by atoms with E-state index in [1.807, 2.05) is 0 Å². The summed E-state index contributed by atoms with van der Waals surface area (Å²) in [5, 5.41) is 8.30. The van der Waals surface area contributed by atoms with E-state index >= 15 is 0 Å². The van der Waals surface area contributed by atoms with Crippen LogP contribution in [-0.4, -0.2) is 17.7 Å². The lowest BCUT2D eigenvalue weighted by atomic mass is 10.2. The van der Waals surface area contributed by atoms with Crippen molar-refractivity contribution < 1.29 is 14.6 Å². The van der Waals surface area contributed by atoms with E-state index in [1.165, 1.54) is 6.26 Å². The highest BCUT2D eigenvalue weighted by atomic mass is 16.5. The molecule has 0 aromatic heterocycles. The summed E-state index contributed by atoms with van der Waals surface area (Å²) < 4.78 is 4.69. The summed E-state index contributed by atoms with van der Waals surface area (Å²) in [7, 11) is 0. The Morgan fingerprint density at radius 1 is 1.70 bits per heavy atom. The molecular formula is C7H10O3. The SMILES string of the molecule is C=COCCC(=C)C(=O)O. The Morgan fingerprint density at radius 3 is 2.70 bits per heavy atom. The molecule has 3 heteroatoms. The lowest BCUT2D eigenvalue weighted by Gasteiger charge is -1.98. The Balaban J connectivity index is 3.40. The fourth-order valence-electron chi connectivity index (χ4n) is 0.372. The number of carboxylic acid groups (broad SMARTS) is 1. The summed E-state index contributed by atoms with van der Waals surface area (Å²) in [6.07, 6.45) is 1.61. The van der Waals surface area contributed by atoms with E-state index in [0.717, 1.165) is 0 Å². The van der Waals surface area contributed by atoms with Crippen LogP contribution in [0.3, 0.4) is 0 Å². The highest BCUT2D eigenvalue weighted by molar-refractivity contribution is 5.85. The molecule has 0 spiro atoms. The summed E-state index contributed by atoms with van der Waals surface area (Å²) in [6.45, 7) is 6.94. The van der Waals surface area contributed by atoms with Crippen LogP contribution in [0.25, 0.3) is 0 Å². The van der Waals surface area contributed by atoms with Gasteiger partial charge in [0.05, 0.1) is 12.9 Å². The van der Waals surface area contributed by atoms with Crippen molar-refractivity contribution in [1.29, 1.82) is 0 Å². The van der Waals surface area contributed by atoms with Crippen molar-refractivity contribution in [2.45, 2.75) is 6.42 Å². The smallest absolute Gasteiger partial charge is 0.331 e. The van der Waals surface area contributed by atoms with Gasteiger partial charge in [-0.2, -0.15) is 0 Å². The van der Waals surface area contributed by atoms with Gasteiger partial charge in [0.25, 0.3) is 0 Å². The number of carboxylic acids is 1. The van der Waals surface area contributed by atoms with Crippen LogP contribution >= 0.6 is 0 Å². The van der Waals surface area contributed by atoms with Crippen LogP contribution in [-0.2, 0) is 9.53 Å². The molecule has 0 rings (SSSR count). The molecule has 3 nitrogen and oxygen atoms in total. The zero-order valence-electron chi connectivity index (χ0n) is 5.67. The van der Waals surface area contributed by atoms with Crippen molar-refractivity contribution in [3.63, 3.8) is 0 Å². The van der Waals surface area contributed by atoms with Gasteiger partial charge in [0.15, 0.2) is 0 Å². The van der Waals surface area contributed by atoms with Gasteiger partial charge >= 0.3 is 5.97 Å². The summed E-state index contributed by atoms with van der Waals surface area (Å²) in [5.41, 5.74) is 0.154. The molecule has 0 atom stereocenters. The molecule has 0 aliphatic carbocycles. The monoisotopic (exact) mass is 142 g/mol. The minimum absolute atomic E-state index is 0.154. The minimum Gasteiger partial charge on any atom is -0.501 e. The third-order valence-electron chi connectivity index (χ3n) is 0.942. The largest absolute Gasteiger partial charge is 0.501 e. The lowest BCUT2D eigenvalue weighted by molar-refractivity contribution is -0.132. The molecule has 1 N–H and O–H groups in total. The molecule has 0 fully saturated rings. The highest BCUT2D eigenvalue weighted by Gasteiger charge is 2.01. The van der Waals surface area contributed by atoms with Crippen molar-refractivity contribution in [2.75, 3.05) is 6.61 Å². The zero-order valence-corrected chi connectivity index (χ0v) is 5.67. The highest BCUT2D eigenvalue weighted by Crippen LogP contribution is 1.97. The molecule has 0 aliphatic heterocycles. The topological polar surface area (TPSA) is 46.5 Å². The van der Waals surface area contributed by atoms with E-state index < -0.39 is 5.97 Å². The maximum absolute atomic E-state index is 10.1. The third-order valence-corrected chi connectivity index (χ3v) is 0.942. The second kappa shape index (κ2) is 4.61. The Labute approximate surface area is 59.6 Å². The van der Waals surface area contributed by atoms with E-state index in [9.17, 15) is 4.79 Å². The van der Waals surface area contributed by atoms with Crippen molar-refractivity contribution >= 4 is 5.97 Å². The van der Waals surface area contributed by atoms with Gasteiger partial charge in [0.1, 0.15) is 0 Å². The summed E-state index contributed by atoms with van der Waals surface area (Å²) in [4.78, 5) is 10.1. The number of hydrogen-bond donors (Lipinski definition) is 1. The predicted octanol–water partition coefficient (Wildman–Crippen LogP) is 1.18. The Morgan fingerprint density at radius 2 is 2.30 bits per heavy atom. The van der Waals surface area contributed by atoms with Crippen molar-refractivity contribution in [2.24, 2.45) is 0 Å². The fourth-order valence-corrected chi connectivity index (χ4v) is 0.372. The van der Waals surface area contributed by atoms with Gasteiger partial charge in [-0.1, -0.05) is 13.2 Å². The Kier molecular flexibility index (Phi) is 4.04. The lowest BCUT2D eigenvalue weighted by Crippen LogP contribution is -2.01. The summed E-state index contributed by atoms with van der Waals surface area (Å²) in [6, 6.07) is 0. The first-order valence-electron chi connectivity index (χ1n) is 2.82. The van der Waals surface area contributed by atoms with Crippen LogP contribution in [0.5, 0.6) is 0 Å². The standard InChI is InChI=1S/C7H10O3/c1-3-10-5-4-6(2)7(8)9/h3H,1-2,4-5H2,(H,8,9). The van der Waals surface area contributed by atoms with Crippen LogP contribution in [0.1, 0.15) is 6.42 Å². The molecule has 10 heavy (non-hydrogen) atoms. The van der Waals surface area contributed by atoms with Crippen LogP contribution in [0.15, 0.2) is 25.0 Å². The van der Waals surface area contributed by atoms with E-state index in [0.29, 0.717) is 13.0 Å². The van der Waals surface area contributed by atoms with Crippen LogP contribution in [0, 0.1) is 0 Å². The van der Waals surface area contributed by atoms with E-state index in [-0.39, 0.29) is 5.57 Å². The molecule has 0 saturated carbocycles. The fraction of sp³-hybridized carbons (Fsp3) is 0.286.